The monoisotopic (exact) mass is 231 g/mol. The molecule has 2 rings (SSSR count). The van der Waals surface area contributed by atoms with Crippen molar-refractivity contribution in [1.29, 1.82) is 5.26 Å². The van der Waals surface area contributed by atoms with Crippen molar-refractivity contribution in [2.75, 3.05) is 6.61 Å². The molecule has 0 atom stereocenters. The minimum Gasteiger partial charge on any atom is -0.475 e. The first-order chi connectivity index (χ1) is 8.23. The highest BCUT2D eigenvalue weighted by Crippen LogP contribution is 2.26. The fourth-order valence-corrected chi connectivity index (χ4v) is 2.20. The molecular weight excluding hydrogens is 214 g/mol. The Morgan fingerprint density at radius 3 is 2.88 bits per heavy atom. The molecule has 1 aromatic rings. The number of rotatable bonds is 3. The minimum atomic E-state index is -0.248. The second-order valence-electron chi connectivity index (χ2n) is 4.68. The first-order valence-corrected chi connectivity index (χ1v) is 6.00. The Morgan fingerprint density at radius 1 is 1.41 bits per heavy atom. The van der Waals surface area contributed by atoms with E-state index in [1.54, 1.807) is 18.3 Å². The fourth-order valence-electron chi connectivity index (χ4n) is 2.20. The maximum Gasteiger partial charge on any atom is 0.231 e. The molecule has 1 aromatic heterocycles. The zero-order valence-corrected chi connectivity index (χ0v) is 9.85. The molecular formula is C13H17N3O. The van der Waals surface area contributed by atoms with Crippen LogP contribution in [0.1, 0.15) is 37.7 Å². The summed E-state index contributed by atoms with van der Waals surface area (Å²) < 4.78 is 5.61. The van der Waals surface area contributed by atoms with Gasteiger partial charge in [0.1, 0.15) is 18.2 Å². The summed E-state index contributed by atoms with van der Waals surface area (Å²) in [7, 11) is 0. The quantitative estimate of drug-likeness (QED) is 0.863. The lowest BCUT2D eigenvalue weighted by molar-refractivity contribution is 0.169. The molecule has 0 spiro atoms. The lowest BCUT2D eigenvalue weighted by Gasteiger charge is -2.32. The van der Waals surface area contributed by atoms with Gasteiger partial charge in [0, 0.05) is 6.20 Å². The van der Waals surface area contributed by atoms with Gasteiger partial charge in [0.15, 0.2) is 0 Å². The second kappa shape index (κ2) is 5.15. The van der Waals surface area contributed by atoms with Crippen LogP contribution in [0.3, 0.4) is 0 Å². The normalized spacial score (nSPS) is 18.4. The van der Waals surface area contributed by atoms with Gasteiger partial charge in [-0.05, 0) is 25.0 Å². The van der Waals surface area contributed by atoms with Crippen molar-refractivity contribution < 1.29 is 4.74 Å². The van der Waals surface area contributed by atoms with E-state index in [0.717, 1.165) is 25.7 Å². The average Bonchev–Trinajstić information content (AvgIpc) is 2.38. The summed E-state index contributed by atoms with van der Waals surface area (Å²) in [5, 5.41) is 8.92. The van der Waals surface area contributed by atoms with Crippen LogP contribution in [0.2, 0.25) is 0 Å². The molecule has 4 heteroatoms. The van der Waals surface area contributed by atoms with Gasteiger partial charge in [0.05, 0.1) is 5.54 Å². The molecule has 1 aliphatic rings. The topological polar surface area (TPSA) is 71.9 Å². The summed E-state index contributed by atoms with van der Waals surface area (Å²) in [5.74, 6) is 0.394. The number of hydrogen-bond acceptors (Lipinski definition) is 4. The van der Waals surface area contributed by atoms with Crippen molar-refractivity contribution in [1.82, 2.24) is 4.98 Å². The van der Waals surface area contributed by atoms with E-state index in [1.165, 1.54) is 6.42 Å². The van der Waals surface area contributed by atoms with Gasteiger partial charge < -0.3 is 10.5 Å². The van der Waals surface area contributed by atoms with Gasteiger partial charge in [-0.1, -0.05) is 19.3 Å². The van der Waals surface area contributed by atoms with Crippen LogP contribution in [0.5, 0.6) is 5.88 Å². The first kappa shape index (κ1) is 11.9. The van der Waals surface area contributed by atoms with E-state index in [1.807, 2.05) is 0 Å². The van der Waals surface area contributed by atoms with E-state index in [9.17, 15) is 0 Å². The van der Waals surface area contributed by atoms with Crippen LogP contribution in [0.15, 0.2) is 18.3 Å². The molecule has 1 saturated carbocycles. The smallest absolute Gasteiger partial charge is 0.231 e. The molecule has 2 N–H and O–H groups in total. The van der Waals surface area contributed by atoms with Crippen molar-refractivity contribution in [3.8, 4) is 11.9 Å². The van der Waals surface area contributed by atoms with Gasteiger partial charge in [-0.3, -0.25) is 0 Å². The molecule has 1 heterocycles. The van der Waals surface area contributed by atoms with E-state index in [2.05, 4.69) is 11.1 Å². The summed E-state index contributed by atoms with van der Waals surface area (Å²) in [5.41, 5.74) is 6.48. The SMILES string of the molecule is N#Cc1cccnc1OCC1(N)CCCCC1. The number of nitriles is 1. The van der Waals surface area contributed by atoms with Crippen LogP contribution < -0.4 is 10.5 Å². The number of hydrogen-bond donors (Lipinski definition) is 1. The van der Waals surface area contributed by atoms with E-state index in [4.69, 9.17) is 15.7 Å². The van der Waals surface area contributed by atoms with Crippen molar-refractivity contribution in [2.24, 2.45) is 5.73 Å². The fraction of sp³-hybridized carbons (Fsp3) is 0.538. The highest BCUT2D eigenvalue weighted by molar-refractivity contribution is 5.37. The number of ether oxygens (including phenoxy) is 1. The molecule has 90 valence electrons. The zero-order valence-electron chi connectivity index (χ0n) is 9.85. The van der Waals surface area contributed by atoms with Crippen molar-refractivity contribution in [2.45, 2.75) is 37.6 Å². The Morgan fingerprint density at radius 2 is 2.18 bits per heavy atom. The predicted octanol–water partition coefficient (Wildman–Crippen LogP) is 1.99. The Balaban J connectivity index is 2.00. The van der Waals surface area contributed by atoms with Gasteiger partial charge in [-0.15, -0.1) is 0 Å². The first-order valence-electron chi connectivity index (χ1n) is 6.00. The molecule has 0 aromatic carbocycles. The average molecular weight is 231 g/mol. The number of nitrogens with zero attached hydrogens (tertiary/aromatic N) is 2. The van der Waals surface area contributed by atoms with E-state index in [-0.39, 0.29) is 5.54 Å². The van der Waals surface area contributed by atoms with Gasteiger partial charge in [0.2, 0.25) is 5.88 Å². The molecule has 0 saturated heterocycles. The Kier molecular flexibility index (Phi) is 3.60. The summed E-state index contributed by atoms with van der Waals surface area (Å²) in [6.45, 7) is 0.443. The molecule has 0 aliphatic heterocycles. The summed E-state index contributed by atoms with van der Waals surface area (Å²) in [6, 6.07) is 5.49. The van der Waals surface area contributed by atoms with Crippen molar-refractivity contribution in [3.05, 3.63) is 23.9 Å². The van der Waals surface area contributed by atoms with Gasteiger partial charge >= 0.3 is 0 Å². The van der Waals surface area contributed by atoms with Crippen LogP contribution in [0.4, 0.5) is 0 Å². The number of nitrogens with two attached hydrogens (primary N) is 1. The van der Waals surface area contributed by atoms with Gasteiger partial charge in [-0.2, -0.15) is 5.26 Å². The minimum absolute atomic E-state index is 0.248. The van der Waals surface area contributed by atoms with Crippen LogP contribution in [-0.4, -0.2) is 17.1 Å². The van der Waals surface area contributed by atoms with Crippen LogP contribution in [-0.2, 0) is 0 Å². The number of pyridine rings is 1. The third-order valence-corrected chi connectivity index (χ3v) is 3.24. The third kappa shape index (κ3) is 2.95. The largest absolute Gasteiger partial charge is 0.475 e. The highest BCUT2D eigenvalue weighted by atomic mass is 16.5. The molecule has 0 radical (unpaired) electrons. The Bertz CT molecular complexity index is 419. The third-order valence-electron chi connectivity index (χ3n) is 3.24. The molecule has 0 amide bonds. The van der Waals surface area contributed by atoms with Crippen molar-refractivity contribution in [3.63, 3.8) is 0 Å². The van der Waals surface area contributed by atoms with Gasteiger partial charge in [-0.25, -0.2) is 4.98 Å². The van der Waals surface area contributed by atoms with Crippen LogP contribution in [0.25, 0.3) is 0 Å². The predicted molar refractivity (Wildman–Crippen MR) is 64.5 cm³/mol. The number of aromatic nitrogens is 1. The van der Waals surface area contributed by atoms with E-state index >= 15 is 0 Å². The van der Waals surface area contributed by atoms with E-state index in [0.29, 0.717) is 18.1 Å². The molecule has 0 bridgehead atoms. The lowest BCUT2D eigenvalue weighted by Crippen LogP contribution is -2.47. The molecule has 1 fully saturated rings. The van der Waals surface area contributed by atoms with Crippen molar-refractivity contribution >= 4 is 0 Å². The second-order valence-corrected chi connectivity index (χ2v) is 4.68. The molecule has 17 heavy (non-hydrogen) atoms. The maximum absolute atomic E-state index is 8.92. The van der Waals surface area contributed by atoms with Crippen LogP contribution >= 0.6 is 0 Å². The summed E-state index contributed by atoms with van der Waals surface area (Å²) in [4.78, 5) is 4.06. The maximum atomic E-state index is 8.92. The summed E-state index contributed by atoms with van der Waals surface area (Å²) >= 11 is 0. The van der Waals surface area contributed by atoms with Crippen LogP contribution in [0, 0.1) is 11.3 Å². The molecule has 4 nitrogen and oxygen atoms in total. The molecule has 0 unspecified atom stereocenters. The summed E-state index contributed by atoms with van der Waals surface area (Å²) in [6.07, 6.45) is 7.18. The lowest BCUT2D eigenvalue weighted by atomic mass is 9.83. The molecule has 1 aliphatic carbocycles. The zero-order chi connectivity index (χ0) is 12.1. The standard InChI is InChI=1S/C13H17N3O/c14-9-11-5-4-8-16-12(11)17-10-13(15)6-2-1-3-7-13/h4-5,8H,1-3,6-7,10,15H2. The van der Waals surface area contributed by atoms with Gasteiger partial charge in [0.25, 0.3) is 0 Å². The Hall–Kier alpha value is -1.60. The Labute approximate surface area is 101 Å². The van der Waals surface area contributed by atoms with E-state index < -0.39 is 0 Å². The highest BCUT2D eigenvalue weighted by Gasteiger charge is 2.28.